The van der Waals surface area contributed by atoms with Gasteiger partial charge < -0.3 is 21.1 Å². The standard InChI is InChI=1S/C13H23N3O4/c1-3-13(2)4-6-16(7-5-13)12(20)15-9(11(18)19)8-10(14)17/h9H,3-8H2,1-2H3,(H2,14,17)(H,15,20)(H,18,19)/t9-/m1/s1. The van der Waals surface area contributed by atoms with E-state index in [1.54, 1.807) is 4.90 Å². The Hall–Kier alpha value is -1.79. The number of carbonyl (C=O) groups excluding carboxylic acids is 2. The number of primary amides is 1. The van der Waals surface area contributed by atoms with Gasteiger partial charge in [-0.25, -0.2) is 9.59 Å². The fraction of sp³-hybridized carbons (Fsp3) is 0.769. The van der Waals surface area contributed by atoms with Crippen LogP contribution in [0.2, 0.25) is 0 Å². The highest BCUT2D eigenvalue weighted by Gasteiger charge is 2.32. The second kappa shape index (κ2) is 6.58. The molecule has 7 heteroatoms. The molecular weight excluding hydrogens is 262 g/mol. The Balaban J connectivity index is 2.54. The van der Waals surface area contributed by atoms with Crippen molar-refractivity contribution in [3.8, 4) is 0 Å². The van der Waals surface area contributed by atoms with E-state index >= 15 is 0 Å². The third kappa shape index (κ3) is 4.40. The van der Waals surface area contributed by atoms with Gasteiger partial charge in [-0.2, -0.15) is 0 Å². The van der Waals surface area contributed by atoms with E-state index < -0.39 is 30.4 Å². The van der Waals surface area contributed by atoms with E-state index in [4.69, 9.17) is 10.8 Å². The molecule has 1 aliphatic rings. The number of likely N-dealkylation sites (tertiary alicyclic amines) is 1. The lowest BCUT2D eigenvalue weighted by molar-refractivity contribution is -0.141. The predicted octanol–water partition coefficient (Wildman–Crippen LogP) is 0.537. The highest BCUT2D eigenvalue weighted by atomic mass is 16.4. The lowest BCUT2D eigenvalue weighted by Gasteiger charge is -2.39. The van der Waals surface area contributed by atoms with Crippen molar-refractivity contribution in [2.45, 2.75) is 45.6 Å². The number of rotatable bonds is 5. The average Bonchev–Trinajstić information content (AvgIpc) is 2.38. The molecule has 0 aromatic carbocycles. The van der Waals surface area contributed by atoms with Crippen LogP contribution in [0.1, 0.15) is 39.5 Å². The zero-order valence-corrected chi connectivity index (χ0v) is 12.0. The van der Waals surface area contributed by atoms with Crippen LogP contribution in [0, 0.1) is 5.41 Å². The number of hydrogen-bond donors (Lipinski definition) is 3. The Morgan fingerprint density at radius 1 is 1.35 bits per heavy atom. The van der Waals surface area contributed by atoms with Crippen LogP contribution in [0.4, 0.5) is 4.79 Å². The molecule has 20 heavy (non-hydrogen) atoms. The number of carbonyl (C=O) groups is 3. The Morgan fingerprint density at radius 2 is 1.90 bits per heavy atom. The minimum atomic E-state index is -1.26. The predicted molar refractivity (Wildman–Crippen MR) is 73.0 cm³/mol. The molecule has 1 fully saturated rings. The van der Waals surface area contributed by atoms with Gasteiger partial charge in [0.15, 0.2) is 0 Å². The minimum absolute atomic E-state index is 0.246. The summed E-state index contributed by atoms with van der Waals surface area (Å²) in [6.45, 7) is 5.51. The fourth-order valence-corrected chi connectivity index (χ4v) is 2.24. The molecule has 0 aliphatic carbocycles. The number of nitrogens with zero attached hydrogens (tertiary/aromatic N) is 1. The summed E-state index contributed by atoms with van der Waals surface area (Å²) in [5.74, 6) is -2.01. The molecule has 114 valence electrons. The first-order valence-corrected chi connectivity index (χ1v) is 6.84. The van der Waals surface area contributed by atoms with Crippen molar-refractivity contribution in [3.63, 3.8) is 0 Å². The molecule has 7 nitrogen and oxygen atoms in total. The van der Waals surface area contributed by atoms with Crippen LogP contribution >= 0.6 is 0 Å². The maximum Gasteiger partial charge on any atom is 0.326 e. The fourth-order valence-electron chi connectivity index (χ4n) is 2.24. The normalized spacial score (nSPS) is 19.2. The Morgan fingerprint density at radius 3 is 2.30 bits per heavy atom. The highest BCUT2D eigenvalue weighted by molar-refractivity contribution is 5.87. The van der Waals surface area contributed by atoms with E-state index in [0.29, 0.717) is 13.1 Å². The number of aliphatic carboxylic acids is 1. The van der Waals surface area contributed by atoms with Crippen LogP contribution < -0.4 is 11.1 Å². The van der Waals surface area contributed by atoms with Gasteiger partial charge >= 0.3 is 12.0 Å². The SMILES string of the molecule is CCC1(C)CCN(C(=O)N[C@H](CC(N)=O)C(=O)O)CC1. The highest BCUT2D eigenvalue weighted by Crippen LogP contribution is 2.33. The number of urea groups is 1. The monoisotopic (exact) mass is 285 g/mol. The summed E-state index contributed by atoms with van der Waals surface area (Å²) in [5, 5.41) is 11.3. The van der Waals surface area contributed by atoms with Gasteiger partial charge in [0.05, 0.1) is 6.42 Å². The first-order valence-electron chi connectivity index (χ1n) is 6.84. The van der Waals surface area contributed by atoms with Crippen molar-refractivity contribution in [2.75, 3.05) is 13.1 Å². The number of hydrogen-bond acceptors (Lipinski definition) is 3. The van der Waals surface area contributed by atoms with Gasteiger partial charge in [0.25, 0.3) is 0 Å². The summed E-state index contributed by atoms with van der Waals surface area (Å²) in [5.41, 5.74) is 5.22. The van der Waals surface area contributed by atoms with Crippen molar-refractivity contribution in [1.29, 1.82) is 0 Å². The Labute approximate surface area is 118 Å². The number of carboxylic acids is 1. The first kappa shape index (κ1) is 16.3. The molecule has 1 aliphatic heterocycles. The van der Waals surface area contributed by atoms with Crippen LogP contribution in [-0.2, 0) is 9.59 Å². The lowest BCUT2D eigenvalue weighted by Crippen LogP contribution is -2.52. The van der Waals surface area contributed by atoms with Gasteiger partial charge in [0, 0.05) is 13.1 Å². The molecule has 1 heterocycles. The van der Waals surface area contributed by atoms with Crippen molar-refractivity contribution < 1.29 is 19.5 Å². The smallest absolute Gasteiger partial charge is 0.326 e. The summed E-state index contributed by atoms with van der Waals surface area (Å²) >= 11 is 0. The second-order valence-electron chi connectivity index (χ2n) is 5.66. The second-order valence-corrected chi connectivity index (χ2v) is 5.66. The zero-order chi connectivity index (χ0) is 15.3. The van der Waals surface area contributed by atoms with Crippen LogP contribution in [0.15, 0.2) is 0 Å². The van der Waals surface area contributed by atoms with E-state index in [1.165, 1.54) is 0 Å². The van der Waals surface area contributed by atoms with E-state index in [9.17, 15) is 14.4 Å². The molecule has 1 atom stereocenters. The van der Waals surface area contributed by atoms with Crippen molar-refractivity contribution in [2.24, 2.45) is 11.1 Å². The Kier molecular flexibility index (Phi) is 5.35. The maximum absolute atomic E-state index is 12.0. The van der Waals surface area contributed by atoms with Gasteiger partial charge in [-0.05, 0) is 18.3 Å². The molecule has 0 unspecified atom stereocenters. The summed E-state index contributed by atoms with van der Waals surface area (Å²) < 4.78 is 0. The molecule has 0 radical (unpaired) electrons. The molecule has 0 saturated carbocycles. The minimum Gasteiger partial charge on any atom is -0.480 e. The van der Waals surface area contributed by atoms with Crippen LogP contribution in [0.5, 0.6) is 0 Å². The number of amides is 3. The number of nitrogens with one attached hydrogen (secondary N) is 1. The zero-order valence-electron chi connectivity index (χ0n) is 12.0. The molecule has 1 rings (SSSR count). The van der Waals surface area contributed by atoms with E-state index in [-0.39, 0.29) is 5.41 Å². The topological polar surface area (TPSA) is 113 Å². The van der Waals surface area contributed by atoms with Crippen LogP contribution in [0.3, 0.4) is 0 Å². The third-order valence-electron chi connectivity index (χ3n) is 4.11. The van der Waals surface area contributed by atoms with Crippen molar-refractivity contribution in [3.05, 3.63) is 0 Å². The van der Waals surface area contributed by atoms with Gasteiger partial charge in [0.1, 0.15) is 6.04 Å². The third-order valence-corrected chi connectivity index (χ3v) is 4.11. The van der Waals surface area contributed by atoms with Gasteiger partial charge in [-0.1, -0.05) is 20.3 Å². The first-order chi connectivity index (χ1) is 9.27. The lowest BCUT2D eigenvalue weighted by atomic mass is 9.78. The Bertz CT molecular complexity index is 389. The number of carboxylic acid groups (broad SMARTS) is 1. The van der Waals surface area contributed by atoms with Crippen LogP contribution in [0.25, 0.3) is 0 Å². The van der Waals surface area contributed by atoms with E-state index in [0.717, 1.165) is 19.3 Å². The molecular formula is C13H23N3O4. The quantitative estimate of drug-likeness (QED) is 0.684. The van der Waals surface area contributed by atoms with Crippen molar-refractivity contribution in [1.82, 2.24) is 10.2 Å². The van der Waals surface area contributed by atoms with E-state index in [1.807, 2.05) is 0 Å². The van der Waals surface area contributed by atoms with Crippen molar-refractivity contribution >= 4 is 17.9 Å². The molecule has 0 spiro atoms. The summed E-state index contributed by atoms with van der Waals surface area (Å²) in [7, 11) is 0. The molecule has 0 bridgehead atoms. The largest absolute Gasteiger partial charge is 0.480 e. The van der Waals surface area contributed by atoms with E-state index in [2.05, 4.69) is 19.2 Å². The van der Waals surface area contributed by atoms with Crippen LogP contribution in [-0.4, -0.2) is 47.0 Å². The molecule has 4 N–H and O–H groups in total. The van der Waals surface area contributed by atoms with Gasteiger partial charge in [-0.3, -0.25) is 4.79 Å². The molecule has 0 aromatic heterocycles. The summed E-state index contributed by atoms with van der Waals surface area (Å²) in [6.07, 6.45) is 2.44. The molecule has 1 saturated heterocycles. The van der Waals surface area contributed by atoms with Gasteiger partial charge in [-0.15, -0.1) is 0 Å². The number of nitrogens with two attached hydrogens (primary N) is 1. The maximum atomic E-state index is 12.0. The molecule has 0 aromatic rings. The summed E-state index contributed by atoms with van der Waals surface area (Å²) in [4.78, 5) is 35.3. The van der Waals surface area contributed by atoms with Gasteiger partial charge in [0.2, 0.25) is 5.91 Å². The summed E-state index contributed by atoms with van der Waals surface area (Å²) in [6, 6.07) is -1.71. The average molecular weight is 285 g/mol. The number of piperidine rings is 1. The molecule has 3 amide bonds.